The molecule has 2 aromatic rings. The Bertz CT molecular complexity index is 784. The minimum absolute atomic E-state index is 0.196. The van der Waals surface area contributed by atoms with Crippen LogP contribution in [0.2, 0.25) is 0 Å². The summed E-state index contributed by atoms with van der Waals surface area (Å²) >= 11 is 0. The predicted molar refractivity (Wildman–Crippen MR) is 93.1 cm³/mol. The van der Waals surface area contributed by atoms with Crippen molar-refractivity contribution in [2.45, 2.75) is 13.3 Å². The molecule has 4 nitrogen and oxygen atoms in total. The number of hydrogen-bond acceptors (Lipinski definition) is 3. The first-order chi connectivity index (χ1) is 12.3. The van der Waals surface area contributed by atoms with Crippen LogP contribution in [0.3, 0.4) is 0 Å². The number of benzene rings is 2. The van der Waals surface area contributed by atoms with Crippen molar-refractivity contribution >= 4 is 18.1 Å². The maximum atomic E-state index is 12.2. The van der Waals surface area contributed by atoms with Gasteiger partial charge in [0.1, 0.15) is 11.5 Å². The van der Waals surface area contributed by atoms with Crippen LogP contribution in [0.5, 0.6) is 11.5 Å². The van der Waals surface area contributed by atoms with E-state index in [2.05, 4.69) is 10.1 Å². The highest BCUT2D eigenvalue weighted by atomic mass is 19.4. The van der Waals surface area contributed by atoms with Crippen LogP contribution >= 0.6 is 0 Å². The molecule has 1 amide bonds. The highest BCUT2D eigenvalue weighted by molar-refractivity contribution is 5.95. The van der Waals surface area contributed by atoms with Gasteiger partial charge in [0.05, 0.1) is 7.11 Å². The van der Waals surface area contributed by atoms with E-state index in [0.717, 1.165) is 0 Å². The summed E-state index contributed by atoms with van der Waals surface area (Å²) in [5.41, 5.74) is 1.83. The van der Waals surface area contributed by atoms with Gasteiger partial charge in [-0.2, -0.15) is 0 Å². The molecular formula is C19H18F3NO3. The normalized spacial score (nSPS) is 11.4. The Morgan fingerprint density at radius 2 is 1.81 bits per heavy atom. The van der Waals surface area contributed by atoms with Crippen LogP contribution < -0.4 is 14.8 Å². The first-order valence-electron chi connectivity index (χ1n) is 7.82. The van der Waals surface area contributed by atoms with Gasteiger partial charge < -0.3 is 14.8 Å². The van der Waals surface area contributed by atoms with E-state index in [1.165, 1.54) is 31.4 Å². The molecule has 0 aromatic heterocycles. The number of nitrogens with one attached hydrogen (secondary N) is 1. The van der Waals surface area contributed by atoms with Gasteiger partial charge in [-0.1, -0.05) is 24.3 Å². The van der Waals surface area contributed by atoms with Crippen LogP contribution in [-0.4, -0.2) is 25.9 Å². The van der Waals surface area contributed by atoms with E-state index in [4.69, 9.17) is 4.74 Å². The molecule has 0 atom stereocenters. The van der Waals surface area contributed by atoms with E-state index in [0.29, 0.717) is 29.0 Å². The average Bonchev–Trinajstić information content (AvgIpc) is 2.59. The summed E-state index contributed by atoms with van der Waals surface area (Å²) in [6.07, 6.45) is -1.29. The molecule has 1 N–H and O–H groups in total. The molecule has 0 unspecified atom stereocenters. The summed E-state index contributed by atoms with van der Waals surface area (Å²) < 4.78 is 45.6. The Balaban J connectivity index is 2.20. The first kappa shape index (κ1) is 19.4. The number of ether oxygens (including phenoxy) is 2. The Hall–Kier alpha value is -2.96. The summed E-state index contributed by atoms with van der Waals surface area (Å²) in [5, 5.41) is 2.72. The van der Waals surface area contributed by atoms with Crippen molar-refractivity contribution in [2.24, 2.45) is 0 Å². The topological polar surface area (TPSA) is 47.6 Å². The second-order valence-corrected chi connectivity index (χ2v) is 5.27. The van der Waals surface area contributed by atoms with Crippen molar-refractivity contribution in [1.82, 2.24) is 5.32 Å². The van der Waals surface area contributed by atoms with E-state index < -0.39 is 6.36 Å². The van der Waals surface area contributed by atoms with Gasteiger partial charge in [-0.3, -0.25) is 4.79 Å². The van der Waals surface area contributed by atoms with Crippen molar-refractivity contribution in [3.63, 3.8) is 0 Å². The fourth-order valence-electron chi connectivity index (χ4n) is 2.24. The zero-order valence-corrected chi connectivity index (χ0v) is 14.3. The van der Waals surface area contributed by atoms with Crippen molar-refractivity contribution in [3.05, 3.63) is 59.2 Å². The highest BCUT2D eigenvalue weighted by Crippen LogP contribution is 2.25. The summed E-state index contributed by atoms with van der Waals surface area (Å²) in [4.78, 5) is 11.9. The van der Waals surface area contributed by atoms with Crippen LogP contribution in [0.25, 0.3) is 12.2 Å². The standard InChI is InChI=1S/C19H18F3NO3/c1-3-23-18(24)15-8-11-17(25-2)14(12-15)7-4-13-5-9-16(10-6-13)26-19(20,21)22/h4-12H,3H2,1-2H3,(H,23,24)/b7-4+. The molecule has 0 spiro atoms. The molecule has 2 rings (SSSR count). The van der Waals surface area contributed by atoms with Crippen molar-refractivity contribution in [3.8, 4) is 11.5 Å². The molecule has 2 aromatic carbocycles. The molecule has 0 radical (unpaired) electrons. The largest absolute Gasteiger partial charge is 0.573 e. The monoisotopic (exact) mass is 365 g/mol. The quantitative estimate of drug-likeness (QED) is 0.766. The average molecular weight is 365 g/mol. The third kappa shape index (κ3) is 5.54. The van der Waals surface area contributed by atoms with E-state index >= 15 is 0 Å². The zero-order chi connectivity index (χ0) is 19.2. The lowest BCUT2D eigenvalue weighted by molar-refractivity contribution is -0.274. The predicted octanol–water partition coefficient (Wildman–Crippen LogP) is 4.51. The molecule has 0 aliphatic carbocycles. The van der Waals surface area contributed by atoms with Crippen LogP contribution in [0.1, 0.15) is 28.4 Å². The number of amides is 1. The smallest absolute Gasteiger partial charge is 0.496 e. The molecule has 26 heavy (non-hydrogen) atoms. The lowest BCUT2D eigenvalue weighted by atomic mass is 10.1. The molecule has 0 fully saturated rings. The lowest BCUT2D eigenvalue weighted by Crippen LogP contribution is -2.22. The second kappa shape index (κ2) is 8.42. The van der Waals surface area contributed by atoms with E-state index in [9.17, 15) is 18.0 Å². The molecule has 0 heterocycles. The third-order valence-corrected chi connectivity index (χ3v) is 3.40. The Morgan fingerprint density at radius 1 is 1.12 bits per heavy atom. The van der Waals surface area contributed by atoms with E-state index in [-0.39, 0.29) is 11.7 Å². The lowest BCUT2D eigenvalue weighted by Gasteiger charge is -2.09. The number of hydrogen-bond donors (Lipinski definition) is 1. The van der Waals surface area contributed by atoms with Crippen molar-refractivity contribution in [1.29, 1.82) is 0 Å². The van der Waals surface area contributed by atoms with Crippen LogP contribution in [0.4, 0.5) is 13.2 Å². The van der Waals surface area contributed by atoms with Gasteiger partial charge in [-0.15, -0.1) is 13.2 Å². The van der Waals surface area contributed by atoms with Crippen molar-refractivity contribution < 1.29 is 27.4 Å². The van der Waals surface area contributed by atoms with Gasteiger partial charge in [0, 0.05) is 17.7 Å². The van der Waals surface area contributed by atoms with Crippen LogP contribution in [-0.2, 0) is 0 Å². The minimum atomic E-state index is -4.72. The number of methoxy groups -OCH3 is 1. The van der Waals surface area contributed by atoms with Gasteiger partial charge in [0.15, 0.2) is 0 Å². The van der Waals surface area contributed by atoms with Gasteiger partial charge in [0.2, 0.25) is 0 Å². The Labute approximate surface area is 149 Å². The number of rotatable bonds is 6. The maximum absolute atomic E-state index is 12.2. The Morgan fingerprint density at radius 3 is 2.38 bits per heavy atom. The van der Waals surface area contributed by atoms with Crippen LogP contribution in [0, 0.1) is 0 Å². The molecule has 0 saturated heterocycles. The highest BCUT2D eigenvalue weighted by Gasteiger charge is 2.30. The number of carbonyl (C=O) groups excluding carboxylic acids is 1. The number of halogens is 3. The number of alkyl halides is 3. The van der Waals surface area contributed by atoms with Crippen molar-refractivity contribution in [2.75, 3.05) is 13.7 Å². The van der Waals surface area contributed by atoms with Gasteiger partial charge in [-0.05, 0) is 42.8 Å². The van der Waals surface area contributed by atoms with E-state index in [1.807, 2.05) is 6.92 Å². The molecular weight excluding hydrogens is 347 g/mol. The molecule has 7 heteroatoms. The molecule has 138 valence electrons. The number of carbonyl (C=O) groups is 1. The fraction of sp³-hybridized carbons (Fsp3) is 0.211. The SMILES string of the molecule is CCNC(=O)c1ccc(OC)c(/C=C/c2ccc(OC(F)(F)F)cc2)c1. The first-order valence-corrected chi connectivity index (χ1v) is 7.82. The van der Waals surface area contributed by atoms with Gasteiger partial charge >= 0.3 is 6.36 Å². The second-order valence-electron chi connectivity index (χ2n) is 5.27. The van der Waals surface area contributed by atoms with Crippen LogP contribution in [0.15, 0.2) is 42.5 Å². The molecule has 0 saturated carbocycles. The molecule has 0 bridgehead atoms. The van der Waals surface area contributed by atoms with Gasteiger partial charge in [-0.25, -0.2) is 0 Å². The Kier molecular flexibility index (Phi) is 6.27. The molecule has 0 aliphatic heterocycles. The summed E-state index contributed by atoms with van der Waals surface area (Å²) in [7, 11) is 1.52. The molecule has 0 aliphatic rings. The summed E-state index contributed by atoms with van der Waals surface area (Å²) in [6.45, 7) is 2.34. The minimum Gasteiger partial charge on any atom is -0.496 e. The van der Waals surface area contributed by atoms with E-state index in [1.54, 1.807) is 30.4 Å². The third-order valence-electron chi connectivity index (χ3n) is 3.40. The zero-order valence-electron chi connectivity index (χ0n) is 14.3. The maximum Gasteiger partial charge on any atom is 0.573 e. The van der Waals surface area contributed by atoms with Gasteiger partial charge in [0.25, 0.3) is 5.91 Å². The summed E-state index contributed by atoms with van der Waals surface area (Å²) in [5.74, 6) is 0.0928. The summed E-state index contributed by atoms with van der Waals surface area (Å²) in [6, 6.07) is 10.5. The fourth-order valence-corrected chi connectivity index (χ4v) is 2.24.